The van der Waals surface area contributed by atoms with Gasteiger partial charge in [-0.25, -0.2) is 0 Å². The fourth-order valence-corrected chi connectivity index (χ4v) is 2.81. The van der Waals surface area contributed by atoms with Crippen molar-refractivity contribution in [2.24, 2.45) is 0 Å². The maximum Gasteiger partial charge on any atom is 0.263 e. The zero-order chi connectivity index (χ0) is 14.1. The summed E-state index contributed by atoms with van der Waals surface area (Å²) in [4.78, 5) is 28.4. The molecule has 5 nitrogen and oxygen atoms in total. The lowest BCUT2D eigenvalue weighted by Crippen LogP contribution is -2.55. The van der Waals surface area contributed by atoms with E-state index < -0.39 is 0 Å². The Kier molecular flexibility index (Phi) is 3.38. The van der Waals surface area contributed by atoms with Crippen molar-refractivity contribution in [1.82, 2.24) is 15.1 Å². The molecule has 20 heavy (non-hydrogen) atoms. The number of imide groups is 1. The molecule has 2 aliphatic rings. The van der Waals surface area contributed by atoms with Crippen molar-refractivity contribution in [1.29, 1.82) is 0 Å². The van der Waals surface area contributed by atoms with Gasteiger partial charge in [0.05, 0.1) is 11.1 Å². The summed E-state index contributed by atoms with van der Waals surface area (Å²) >= 11 is 0. The Morgan fingerprint density at radius 3 is 2.15 bits per heavy atom. The van der Waals surface area contributed by atoms with E-state index in [0.717, 1.165) is 26.2 Å². The number of carbonyl (C=O) groups is 2. The minimum Gasteiger partial charge on any atom is -0.314 e. The number of piperazine rings is 1. The average Bonchev–Trinajstić information content (AvgIpc) is 2.75. The maximum atomic E-state index is 12.5. The van der Waals surface area contributed by atoms with Gasteiger partial charge in [0.25, 0.3) is 11.8 Å². The summed E-state index contributed by atoms with van der Waals surface area (Å²) in [6.07, 6.45) is 1.30. The van der Waals surface area contributed by atoms with Crippen LogP contribution in [-0.4, -0.2) is 54.0 Å². The summed E-state index contributed by atoms with van der Waals surface area (Å²) in [5.74, 6) is -0.455. The molecule has 1 unspecified atom stereocenters. The quantitative estimate of drug-likeness (QED) is 0.649. The molecule has 0 aliphatic carbocycles. The summed E-state index contributed by atoms with van der Waals surface area (Å²) in [5, 5.41) is 3.26. The average molecular weight is 271 g/mol. The second-order valence-corrected chi connectivity index (χ2v) is 4.96. The van der Waals surface area contributed by atoms with E-state index in [1.165, 1.54) is 4.90 Å². The van der Waals surface area contributed by atoms with Gasteiger partial charge in [0.2, 0.25) is 0 Å². The second kappa shape index (κ2) is 5.19. The molecule has 0 aromatic heterocycles. The monoisotopic (exact) mass is 271 g/mol. The predicted octanol–water partition coefficient (Wildman–Crippen LogP) is 0.700. The van der Waals surface area contributed by atoms with Crippen molar-refractivity contribution in [3.8, 4) is 0 Å². The first-order valence-corrected chi connectivity index (χ1v) is 6.78. The zero-order valence-corrected chi connectivity index (χ0v) is 11.2. The number of nitrogens with one attached hydrogen (secondary N) is 1. The van der Waals surface area contributed by atoms with Crippen molar-refractivity contribution in [2.75, 3.05) is 26.2 Å². The molecule has 2 amide bonds. The molecule has 104 valence electrons. The van der Waals surface area contributed by atoms with Crippen molar-refractivity contribution >= 4 is 11.8 Å². The molecule has 1 aromatic carbocycles. The van der Waals surface area contributed by atoms with E-state index in [4.69, 9.17) is 0 Å². The standard InChI is InChI=1S/C15H17N3O2/c1-2-13(17-9-7-16-8-10-17)18-14(19)11-5-3-4-6-12(11)15(18)20/h2-6,13,16H,1,7-10H2. The Bertz CT molecular complexity index is 529. The van der Waals surface area contributed by atoms with Crippen LogP contribution in [0.4, 0.5) is 0 Å². The minimum atomic E-state index is -0.371. The molecule has 2 heterocycles. The smallest absolute Gasteiger partial charge is 0.263 e. The molecule has 2 aliphatic heterocycles. The van der Waals surface area contributed by atoms with Crippen LogP contribution in [0.25, 0.3) is 0 Å². The third kappa shape index (κ3) is 1.95. The third-order valence-corrected chi connectivity index (χ3v) is 3.83. The Morgan fingerprint density at radius 1 is 1.10 bits per heavy atom. The van der Waals surface area contributed by atoms with Gasteiger partial charge < -0.3 is 5.32 Å². The number of amides is 2. The van der Waals surface area contributed by atoms with Gasteiger partial charge in [-0.3, -0.25) is 19.4 Å². The van der Waals surface area contributed by atoms with Gasteiger partial charge in [0.1, 0.15) is 6.17 Å². The van der Waals surface area contributed by atoms with Crippen LogP contribution in [0, 0.1) is 0 Å². The molecular weight excluding hydrogens is 254 g/mol. The van der Waals surface area contributed by atoms with Gasteiger partial charge in [-0.15, -0.1) is 0 Å². The highest BCUT2D eigenvalue weighted by Gasteiger charge is 2.40. The van der Waals surface area contributed by atoms with E-state index in [1.807, 2.05) is 0 Å². The molecule has 1 N–H and O–H groups in total. The number of fused-ring (bicyclic) bond motifs is 1. The first-order chi connectivity index (χ1) is 9.74. The first-order valence-electron chi connectivity index (χ1n) is 6.78. The van der Waals surface area contributed by atoms with Gasteiger partial charge in [-0.1, -0.05) is 24.8 Å². The highest BCUT2D eigenvalue weighted by Crippen LogP contribution is 2.26. The van der Waals surface area contributed by atoms with Crippen molar-refractivity contribution in [3.63, 3.8) is 0 Å². The fraction of sp³-hybridized carbons (Fsp3) is 0.333. The van der Waals surface area contributed by atoms with Gasteiger partial charge in [0.15, 0.2) is 0 Å². The lowest BCUT2D eigenvalue weighted by Gasteiger charge is -2.37. The SMILES string of the molecule is C=CC(N1CCNCC1)N1C(=O)c2ccccc2C1=O. The number of carbonyl (C=O) groups excluding carboxylic acids is 2. The molecule has 0 bridgehead atoms. The molecule has 1 saturated heterocycles. The summed E-state index contributed by atoms with van der Waals surface area (Å²) in [6.45, 7) is 7.11. The molecule has 0 radical (unpaired) electrons. The highest BCUT2D eigenvalue weighted by molar-refractivity contribution is 6.21. The van der Waals surface area contributed by atoms with E-state index in [0.29, 0.717) is 11.1 Å². The highest BCUT2D eigenvalue weighted by atomic mass is 16.2. The summed E-state index contributed by atoms with van der Waals surface area (Å²) in [7, 11) is 0. The molecular formula is C15H17N3O2. The van der Waals surface area contributed by atoms with E-state index in [1.54, 1.807) is 30.3 Å². The maximum absolute atomic E-state index is 12.5. The van der Waals surface area contributed by atoms with Crippen LogP contribution in [0.5, 0.6) is 0 Å². The van der Waals surface area contributed by atoms with Crippen LogP contribution in [0.3, 0.4) is 0 Å². The van der Waals surface area contributed by atoms with Crippen LogP contribution in [0.1, 0.15) is 20.7 Å². The van der Waals surface area contributed by atoms with Crippen LogP contribution in [0.15, 0.2) is 36.9 Å². The molecule has 0 saturated carbocycles. The van der Waals surface area contributed by atoms with E-state index in [2.05, 4.69) is 16.8 Å². The van der Waals surface area contributed by atoms with Crippen LogP contribution in [0.2, 0.25) is 0 Å². The lowest BCUT2D eigenvalue weighted by atomic mass is 10.1. The van der Waals surface area contributed by atoms with Gasteiger partial charge in [0, 0.05) is 26.2 Å². The van der Waals surface area contributed by atoms with Gasteiger partial charge in [-0.2, -0.15) is 0 Å². The van der Waals surface area contributed by atoms with Crippen LogP contribution in [-0.2, 0) is 0 Å². The van der Waals surface area contributed by atoms with Crippen molar-refractivity contribution < 1.29 is 9.59 Å². The minimum absolute atomic E-state index is 0.228. The first kappa shape index (κ1) is 13.0. The summed E-state index contributed by atoms with van der Waals surface area (Å²) in [6, 6.07) is 6.96. The Balaban J connectivity index is 1.92. The van der Waals surface area contributed by atoms with Crippen molar-refractivity contribution in [2.45, 2.75) is 6.17 Å². The number of hydrogen-bond acceptors (Lipinski definition) is 4. The van der Waals surface area contributed by atoms with Crippen LogP contribution >= 0.6 is 0 Å². The van der Waals surface area contributed by atoms with Crippen molar-refractivity contribution in [3.05, 3.63) is 48.0 Å². The largest absolute Gasteiger partial charge is 0.314 e. The molecule has 1 atom stereocenters. The number of benzene rings is 1. The zero-order valence-electron chi connectivity index (χ0n) is 11.2. The normalized spacial score (nSPS) is 20.9. The molecule has 1 fully saturated rings. The van der Waals surface area contributed by atoms with E-state index >= 15 is 0 Å². The summed E-state index contributed by atoms with van der Waals surface area (Å²) in [5.41, 5.74) is 0.971. The van der Waals surface area contributed by atoms with Gasteiger partial charge in [-0.05, 0) is 12.1 Å². The molecule has 5 heteroatoms. The number of rotatable bonds is 3. The second-order valence-electron chi connectivity index (χ2n) is 4.96. The molecule has 1 aromatic rings. The fourth-order valence-electron chi connectivity index (χ4n) is 2.81. The predicted molar refractivity (Wildman–Crippen MR) is 75.4 cm³/mol. The van der Waals surface area contributed by atoms with Crippen LogP contribution < -0.4 is 5.32 Å². The molecule has 3 rings (SSSR count). The van der Waals surface area contributed by atoms with Gasteiger partial charge >= 0.3 is 0 Å². The Hall–Kier alpha value is -1.98. The molecule has 0 spiro atoms. The Morgan fingerprint density at radius 2 is 1.65 bits per heavy atom. The Labute approximate surface area is 117 Å². The topological polar surface area (TPSA) is 52.6 Å². The summed E-state index contributed by atoms with van der Waals surface area (Å²) < 4.78 is 0. The van der Waals surface area contributed by atoms with E-state index in [9.17, 15) is 9.59 Å². The van der Waals surface area contributed by atoms with E-state index in [-0.39, 0.29) is 18.0 Å². The third-order valence-electron chi connectivity index (χ3n) is 3.83. The lowest BCUT2D eigenvalue weighted by molar-refractivity contribution is 0.0391. The number of hydrogen-bond donors (Lipinski definition) is 1. The number of nitrogens with zero attached hydrogens (tertiary/aromatic N) is 2.